The number of nitrogens with one attached hydrogen (secondary N) is 1. The molecule has 0 saturated carbocycles. The van der Waals surface area contributed by atoms with Gasteiger partial charge in [-0.15, -0.1) is 0 Å². The maximum absolute atomic E-state index is 11.8. The van der Waals surface area contributed by atoms with Crippen LogP contribution in [0.25, 0.3) is 0 Å². The minimum atomic E-state index is -0.891. The Morgan fingerprint density at radius 3 is 2.76 bits per heavy atom. The second-order valence-corrected chi connectivity index (χ2v) is 4.39. The summed E-state index contributed by atoms with van der Waals surface area (Å²) in [5, 5.41) is 11.3. The summed E-state index contributed by atoms with van der Waals surface area (Å²) >= 11 is 0. The van der Waals surface area contributed by atoms with Crippen molar-refractivity contribution in [1.82, 2.24) is 10.2 Å². The first-order valence-electron chi connectivity index (χ1n) is 5.75. The van der Waals surface area contributed by atoms with E-state index in [0.29, 0.717) is 26.1 Å². The van der Waals surface area contributed by atoms with E-state index in [1.54, 1.807) is 11.8 Å². The lowest BCUT2D eigenvalue weighted by atomic mass is 10.0. The minimum Gasteiger partial charge on any atom is -0.481 e. The fraction of sp³-hybridized carbons (Fsp3) is 0.727. The maximum Gasteiger partial charge on any atom is 0.303 e. The van der Waals surface area contributed by atoms with E-state index >= 15 is 0 Å². The molecule has 0 aliphatic carbocycles. The molecule has 6 heteroatoms. The molecule has 6 nitrogen and oxygen atoms in total. The number of hydrogen-bond acceptors (Lipinski definition) is 3. The van der Waals surface area contributed by atoms with E-state index in [2.05, 4.69) is 5.32 Å². The molecule has 96 valence electrons. The zero-order valence-electron chi connectivity index (χ0n) is 9.94. The van der Waals surface area contributed by atoms with E-state index < -0.39 is 5.97 Å². The van der Waals surface area contributed by atoms with Gasteiger partial charge in [0.05, 0.1) is 0 Å². The molecule has 0 aromatic carbocycles. The number of rotatable bonds is 4. The molecule has 0 aromatic rings. The molecule has 1 aliphatic rings. The van der Waals surface area contributed by atoms with Gasteiger partial charge >= 0.3 is 5.97 Å². The van der Waals surface area contributed by atoms with Crippen LogP contribution >= 0.6 is 0 Å². The quantitative estimate of drug-likeness (QED) is 0.717. The average Bonchev–Trinajstić information content (AvgIpc) is 2.41. The number of carbonyl (C=O) groups is 3. The van der Waals surface area contributed by atoms with Crippen LogP contribution < -0.4 is 5.32 Å². The standard InChI is InChI=1S/C11H18N2O4/c1-8(7-11(16)17)6-10(15)13-4-2-9(14)12-3-5-13/h8H,2-7H2,1H3,(H,12,14)(H,16,17). The van der Waals surface area contributed by atoms with Crippen molar-refractivity contribution in [2.75, 3.05) is 19.6 Å². The number of nitrogens with zero attached hydrogens (tertiary/aromatic N) is 1. The van der Waals surface area contributed by atoms with Crippen molar-refractivity contribution in [3.05, 3.63) is 0 Å². The minimum absolute atomic E-state index is 0.00321. The topological polar surface area (TPSA) is 86.7 Å². The SMILES string of the molecule is CC(CC(=O)O)CC(=O)N1CCNC(=O)CC1. The summed E-state index contributed by atoms with van der Waals surface area (Å²) in [7, 11) is 0. The normalized spacial score (nSPS) is 18.2. The van der Waals surface area contributed by atoms with Crippen molar-refractivity contribution in [3.63, 3.8) is 0 Å². The maximum atomic E-state index is 11.8. The van der Waals surface area contributed by atoms with E-state index in [4.69, 9.17) is 5.11 Å². The van der Waals surface area contributed by atoms with Crippen molar-refractivity contribution in [1.29, 1.82) is 0 Å². The lowest BCUT2D eigenvalue weighted by Gasteiger charge is -2.21. The van der Waals surface area contributed by atoms with Gasteiger partial charge in [0.25, 0.3) is 0 Å². The third-order valence-corrected chi connectivity index (χ3v) is 2.71. The number of carbonyl (C=O) groups excluding carboxylic acids is 2. The summed E-state index contributed by atoms with van der Waals surface area (Å²) in [6, 6.07) is 0. The Balaban J connectivity index is 2.41. The summed E-state index contributed by atoms with van der Waals surface area (Å²) < 4.78 is 0. The Kier molecular flexibility index (Phi) is 4.93. The lowest BCUT2D eigenvalue weighted by molar-refractivity contribution is -0.138. The number of carboxylic acid groups (broad SMARTS) is 1. The third-order valence-electron chi connectivity index (χ3n) is 2.71. The summed E-state index contributed by atoms with van der Waals surface area (Å²) in [6.45, 7) is 3.14. The second kappa shape index (κ2) is 6.22. The molecule has 1 unspecified atom stereocenters. The molecule has 1 aliphatic heterocycles. The fourth-order valence-corrected chi connectivity index (χ4v) is 1.81. The summed E-state index contributed by atoms with van der Waals surface area (Å²) in [4.78, 5) is 35.0. The van der Waals surface area contributed by atoms with Gasteiger partial charge < -0.3 is 15.3 Å². The van der Waals surface area contributed by atoms with Gasteiger partial charge in [-0.3, -0.25) is 14.4 Å². The second-order valence-electron chi connectivity index (χ2n) is 4.39. The van der Waals surface area contributed by atoms with Crippen LogP contribution in [0.5, 0.6) is 0 Å². The molecule has 0 bridgehead atoms. The van der Waals surface area contributed by atoms with Crippen LogP contribution in [0.2, 0.25) is 0 Å². The monoisotopic (exact) mass is 242 g/mol. The Morgan fingerprint density at radius 2 is 2.12 bits per heavy atom. The van der Waals surface area contributed by atoms with Crippen molar-refractivity contribution in [2.45, 2.75) is 26.2 Å². The Morgan fingerprint density at radius 1 is 1.41 bits per heavy atom. The van der Waals surface area contributed by atoms with Crippen LogP contribution in [0, 0.1) is 5.92 Å². The Labute approximate surface area is 100.0 Å². The molecule has 1 saturated heterocycles. The van der Waals surface area contributed by atoms with Gasteiger partial charge in [-0.1, -0.05) is 6.92 Å². The van der Waals surface area contributed by atoms with E-state index in [9.17, 15) is 14.4 Å². The highest BCUT2D eigenvalue weighted by Crippen LogP contribution is 2.10. The molecule has 1 fully saturated rings. The molecule has 17 heavy (non-hydrogen) atoms. The van der Waals surface area contributed by atoms with Crippen molar-refractivity contribution in [3.8, 4) is 0 Å². The molecule has 2 amide bonds. The van der Waals surface area contributed by atoms with Crippen molar-refractivity contribution >= 4 is 17.8 Å². The molecule has 0 radical (unpaired) electrons. The molecule has 1 heterocycles. The fourth-order valence-electron chi connectivity index (χ4n) is 1.81. The first-order valence-corrected chi connectivity index (χ1v) is 5.75. The van der Waals surface area contributed by atoms with Crippen LogP contribution in [-0.2, 0) is 14.4 Å². The average molecular weight is 242 g/mol. The van der Waals surface area contributed by atoms with Crippen LogP contribution in [0.15, 0.2) is 0 Å². The first-order chi connectivity index (χ1) is 7.99. The van der Waals surface area contributed by atoms with Gasteiger partial charge in [-0.2, -0.15) is 0 Å². The van der Waals surface area contributed by atoms with E-state index in [1.165, 1.54) is 0 Å². The van der Waals surface area contributed by atoms with Crippen LogP contribution in [0.3, 0.4) is 0 Å². The van der Waals surface area contributed by atoms with Crippen molar-refractivity contribution < 1.29 is 19.5 Å². The predicted octanol–water partition coefficient (Wildman–Crippen LogP) is -0.164. The van der Waals surface area contributed by atoms with Gasteiger partial charge in [0.2, 0.25) is 11.8 Å². The molecular formula is C11H18N2O4. The Hall–Kier alpha value is -1.59. The number of amides is 2. The summed E-state index contributed by atoms with van der Waals surface area (Å²) in [5.74, 6) is -1.18. The predicted molar refractivity (Wildman–Crippen MR) is 60.2 cm³/mol. The van der Waals surface area contributed by atoms with Gasteiger partial charge in [0.1, 0.15) is 0 Å². The molecular weight excluding hydrogens is 224 g/mol. The Bertz CT molecular complexity index is 317. The summed E-state index contributed by atoms with van der Waals surface area (Å²) in [6.07, 6.45) is 0.538. The zero-order chi connectivity index (χ0) is 12.8. The van der Waals surface area contributed by atoms with Gasteiger partial charge in [0.15, 0.2) is 0 Å². The molecule has 0 aromatic heterocycles. The number of aliphatic carboxylic acids is 1. The van der Waals surface area contributed by atoms with E-state index in [0.717, 1.165) is 0 Å². The molecule has 1 rings (SSSR count). The summed E-state index contributed by atoms with van der Waals surface area (Å²) in [5.41, 5.74) is 0. The van der Waals surface area contributed by atoms with Gasteiger partial charge in [0, 0.05) is 38.9 Å². The number of carboxylic acids is 1. The highest BCUT2D eigenvalue weighted by molar-refractivity contribution is 5.80. The lowest BCUT2D eigenvalue weighted by Crippen LogP contribution is -2.35. The first kappa shape index (κ1) is 13.5. The van der Waals surface area contributed by atoms with Gasteiger partial charge in [-0.25, -0.2) is 0 Å². The highest BCUT2D eigenvalue weighted by atomic mass is 16.4. The number of hydrogen-bond donors (Lipinski definition) is 2. The smallest absolute Gasteiger partial charge is 0.303 e. The largest absolute Gasteiger partial charge is 0.481 e. The molecule has 0 spiro atoms. The van der Waals surface area contributed by atoms with Crippen LogP contribution in [0.1, 0.15) is 26.2 Å². The molecule has 1 atom stereocenters. The zero-order valence-corrected chi connectivity index (χ0v) is 9.94. The van der Waals surface area contributed by atoms with Crippen LogP contribution in [0.4, 0.5) is 0 Å². The van der Waals surface area contributed by atoms with E-state index in [-0.39, 0.29) is 30.6 Å². The van der Waals surface area contributed by atoms with Crippen molar-refractivity contribution in [2.24, 2.45) is 5.92 Å². The van der Waals surface area contributed by atoms with Crippen LogP contribution in [-0.4, -0.2) is 47.4 Å². The third kappa shape index (κ3) is 4.84. The highest BCUT2D eigenvalue weighted by Gasteiger charge is 2.20. The molecule has 2 N–H and O–H groups in total. The van der Waals surface area contributed by atoms with Gasteiger partial charge in [-0.05, 0) is 5.92 Å². The van der Waals surface area contributed by atoms with E-state index in [1.807, 2.05) is 0 Å².